The van der Waals surface area contributed by atoms with Crippen LogP contribution >= 0.6 is 0 Å². The first-order valence-corrected chi connectivity index (χ1v) is 6.67. The second-order valence-corrected chi connectivity index (χ2v) is 5.00. The van der Waals surface area contributed by atoms with Gasteiger partial charge in [0, 0.05) is 17.2 Å². The standard InChI is InChI=1S/C15H19N3/c1-11-14(12-5-3-2-4-6-12)15(18-17-11)13-7-9-16-10-8-13/h2-6,13,16H,7-10H2,1H3,(H,17,18). The third kappa shape index (κ3) is 2.06. The zero-order chi connectivity index (χ0) is 12.4. The molecular weight excluding hydrogens is 222 g/mol. The van der Waals surface area contributed by atoms with Gasteiger partial charge in [-0.1, -0.05) is 30.3 Å². The highest BCUT2D eigenvalue weighted by Crippen LogP contribution is 2.34. The molecule has 1 saturated heterocycles. The maximum atomic E-state index is 4.56. The molecule has 0 aliphatic carbocycles. The van der Waals surface area contributed by atoms with E-state index in [0.29, 0.717) is 5.92 Å². The van der Waals surface area contributed by atoms with Gasteiger partial charge in [-0.05, 0) is 38.4 Å². The van der Waals surface area contributed by atoms with E-state index in [0.717, 1.165) is 13.1 Å². The van der Waals surface area contributed by atoms with Gasteiger partial charge in [0.1, 0.15) is 0 Å². The fourth-order valence-electron chi connectivity index (χ4n) is 2.81. The number of benzene rings is 1. The molecule has 1 aliphatic heterocycles. The van der Waals surface area contributed by atoms with Gasteiger partial charge in [-0.3, -0.25) is 5.10 Å². The minimum absolute atomic E-state index is 0.589. The number of aromatic amines is 1. The summed E-state index contributed by atoms with van der Waals surface area (Å²) in [6, 6.07) is 10.6. The number of hydrogen-bond donors (Lipinski definition) is 2. The SMILES string of the molecule is Cc1[nH]nc(C2CCNCC2)c1-c1ccccc1. The molecule has 1 aromatic heterocycles. The molecule has 0 spiro atoms. The molecule has 94 valence electrons. The van der Waals surface area contributed by atoms with Crippen molar-refractivity contribution in [3.8, 4) is 11.1 Å². The second kappa shape index (κ2) is 4.94. The van der Waals surface area contributed by atoms with Crippen molar-refractivity contribution in [2.45, 2.75) is 25.7 Å². The fourth-order valence-corrected chi connectivity index (χ4v) is 2.81. The van der Waals surface area contributed by atoms with E-state index >= 15 is 0 Å². The van der Waals surface area contributed by atoms with Crippen molar-refractivity contribution < 1.29 is 0 Å². The van der Waals surface area contributed by atoms with Crippen molar-refractivity contribution in [1.82, 2.24) is 15.5 Å². The molecule has 0 amide bonds. The average Bonchev–Trinajstić information content (AvgIpc) is 2.83. The van der Waals surface area contributed by atoms with Crippen molar-refractivity contribution >= 4 is 0 Å². The summed E-state index contributed by atoms with van der Waals surface area (Å²) in [5, 5.41) is 11.1. The van der Waals surface area contributed by atoms with Gasteiger partial charge in [0.05, 0.1) is 5.69 Å². The van der Waals surface area contributed by atoms with Crippen LogP contribution in [0.3, 0.4) is 0 Å². The van der Waals surface area contributed by atoms with Crippen LogP contribution in [-0.2, 0) is 0 Å². The minimum Gasteiger partial charge on any atom is -0.317 e. The third-order valence-electron chi connectivity index (χ3n) is 3.76. The van der Waals surface area contributed by atoms with Crippen LogP contribution in [0.1, 0.15) is 30.1 Å². The molecule has 3 nitrogen and oxygen atoms in total. The second-order valence-electron chi connectivity index (χ2n) is 5.00. The maximum absolute atomic E-state index is 4.56. The van der Waals surface area contributed by atoms with E-state index in [1.54, 1.807) is 0 Å². The molecule has 18 heavy (non-hydrogen) atoms. The molecule has 0 unspecified atom stereocenters. The number of H-pyrrole nitrogens is 1. The molecule has 0 saturated carbocycles. The first kappa shape index (κ1) is 11.5. The number of piperidine rings is 1. The Morgan fingerprint density at radius 3 is 2.56 bits per heavy atom. The molecule has 1 fully saturated rings. The Bertz CT molecular complexity index is 510. The van der Waals surface area contributed by atoms with E-state index in [9.17, 15) is 0 Å². The summed E-state index contributed by atoms with van der Waals surface area (Å²) >= 11 is 0. The number of hydrogen-bond acceptors (Lipinski definition) is 2. The van der Waals surface area contributed by atoms with E-state index in [2.05, 4.69) is 52.8 Å². The van der Waals surface area contributed by atoms with Gasteiger partial charge >= 0.3 is 0 Å². The lowest BCUT2D eigenvalue weighted by atomic mass is 9.89. The van der Waals surface area contributed by atoms with Crippen LogP contribution in [0, 0.1) is 6.92 Å². The van der Waals surface area contributed by atoms with Crippen LogP contribution < -0.4 is 5.32 Å². The monoisotopic (exact) mass is 241 g/mol. The zero-order valence-corrected chi connectivity index (χ0v) is 10.7. The van der Waals surface area contributed by atoms with Crippen molar-refractivity contribution in [1.29, 1.82) is 0 Å². The lowest BCUT2D eigenvalue weighted by molar-refractivity contribution is 0.453. The van der Waals surface area contributed by atoms with Gasteiger partial charge in [0.25, 0.3) is 0 Å². The Kier molecular flexibility index (Phi) is 3.15. The number of nitrogens with one attached hydrogen (secondary N) is 2. The summed E-state index contributed by atoms with van der Waals surface area (Å²) in [7, 11) is 0. The topological polar surface area (TPSA) is 40.7 Å². The van der Waals surface area contributed by atoms with Gasteiger partial charge in [-0.15, -0.1) is 0 Å². The largest absolute Gasteiger partial charge is 0.317 e. The lowest BCUT2D eigenvalue weighted by Crippen LogP contribution is -2.27. The molecule has 3 rings (SSSR count). The van der Waals surface area contributed by atoms with E-state index < -0.39 is 0 Å². The summed E-state index contributed by atoms with van der Waals surface area (Å²) in [5.74, 6) is 0.589. The molecule has 0 bridgehead atoms. The van der Waals surface area contributed by atoms with Crippen LogP contribution in [0.25, 0.3) is 11.1 Å². The predicted molar refractivity (Wildman–Crippen MR) is 73.6 cm³/mol. The van der Waals surface area contributed by atoms with Crippen molar-refractivity contribution in [3.63, 3.8) is 0 Å². The zero-order valence-electron chi connectivity index (χ0n) is 10.7. The highest BCUT2D eigenvalue weighted by molar-refractivity contribution is 5.69. The average molecular weight is 241 g/mol. The summed E-state index contributed by atoms with van der Waals surface area (Å²) < 4.78 is 0. The molecule has 2 N–H and O–H groups in total. The van der Waals surface area contributed by atoms with Crippen molar-refractivity contribution in [3.05, 3.63) is 41.7 Å². The smallest absolute Gasteiger partial charge is 0.0735 e. The van der Waals surface area contributed by atoms with E-state index in [-0.39, 0.29) is 0 Å². The number of nitrogens with zero attached hydrogens (tertiary/aromatic N) is 1. The van der Waals surface area contributed by atoms with Gasteiger partial charge in [-0.2, -0.15) is 5.10 Å². The predicted octanol–water partition coefficient (Wildman–Crippen LogP) is 2.85. The Morgan fingerprint density at radius 1 is 1.11 bits per heavy atom. The van der Waals surface area contributed by atoms with Gasteiger partial charge in [0.2, 0.25) is 0 Å². The molecular formula is C15H19N3. The van der Waals surface area contributed by atoms with Crippen LogP contribution in [-0.4, -0.2) is 23.3 Å². The number of aryl methyl sites for hydroxylation is 1. The summed E-state index contributed by atoms with van der Waals surface area (Å²) in [6.45, 7) is 4.31. The maximum Gasteiger partial charge on any atom is 0.0735 e. The van der Waals surface area contributed by atoms with Crippen LogP contribution in [0.5, 0.6) is 0 Å². The van der Waals surface area contributed by atoms with Crippen molar-refractivity contribution in [2.75, 3.05) is 13.1 Å². The lowest BCUT2D eigenvalue weighted by Gasteiger charge is -2.22. The normalized spacial score (nSPS) is 16.9. The van der Waals surface area contributed by atoms with Crippen LogP contribution in [0.15, 0.2) is 30.3 Å². The molecule has 2 aromatic rings. The van der Waals surface area contributed by atoms with Gasteiger partial charge < -0.3 is 5.32 Å². The molecule has 2 heterocycles. The van der Waals surface area contributed by atoms with Crippen LogP contribution in [0.2, 0.25) is 0 Å². The third-order valence-corrected chi connectivity index (χ3v) is 3.76. The molecule has 0 atom stereocenters. The highest BCUT2D eigenvalue weighted by Gasteiger charge is 2.22. The van der Waals surface area contributed by atoms with Crippen LogP contribution in [0.4, 0.5) is 0 Å². The quantitative estimate of drug-likeness (QED) is 0.848. The molecule has 1 aliphatic rings. The first-order chi connectivity index (χ1) is 8.86. The summed E-state index contributed by atoms with van der Waals surface area (Å²) in [4.78, 5) is 0. The summed E-state index contributed by atoms with van der Waals surface area (Å²) in [5.41, 5.74) is 5.01. The first-order valence-electron chi connectivity index (χ1n) is 6.67. The van der Waals surface area contributed by atoms with Crippen molar-refractivity contribution in [2.24, 2.45) is 0 Å². The Balaban J connectivity index is 2.01. The highest BCUT2D eigenvalue weighted by atomic mass is 15.1. The van der Waals surface area contributed by atoms with E-state index in [4.69, 9.17) is 0 Å². The Labute approximate surface area is 108 Å². The Hall–Kier alpha value is -1.61. The van der Waals surface area contributed by atoms with Gasteiger partial charge in [-0.25, -0.2) is 0 Å². The molecule has 0 radical (unpaired) electrons. The molecule has 3 heteroatoms. The van der Waals surface area contributed by atoms with E-state index in [1.165, 1.54) is 35.4 Å². The number of aromatic nitrogens is 2. The summed E-state index contributed by atoms with van der Waals surface area (Å²) in [6.07, 6.45) is 2.37. The fraction of sp³-hybridized carbons (Fsp3) is 0.400. The van der Waals surface area contributed by atoms with Gasteiger partial charge in [0.15, 0.2) is 0 Å². The Morgan fingerprint density at radius 2 is 1.83 bits per heavy atom. The minimum atomic E-state index is 0.589. The van der Waals surface area contributed by atoms with E-state index in [1.807, 2.05) is 0 Å². The molecule has 1 aromatic carbocycles. The number of rotatable bonds is 2.